The highest BCUT2D eigenvalue weighted by molar-refractivity contribution is 5.84. The molecule has 0 aliphatic heterocycles. The summed E-state index contributed by atoms with van der Waals surface area (Å²) in [6.45, 7) is 0. The number of oxazole rings is 1. The predicted octanol–water partition coefficient (Wildman–Crippen LogP) is 6.29. The molecular formula is C27H24N2O3. The van der Waals surface area contributed by atoms with Crippen LogP contribution in [0.5, 0.6) is 11.5 Å². The summed E-state index contributed by atoms with van der Waals surface area (Å²) in [6, 6.07) is 24.0. The first-order chi connectivity index (χ1) is 15.8. The lowest BCUT2D eigenvalue weighted by Gasteiger charge is -2.09. The monoisotopic (exact) mass is 424 g/mol. The van der Waals surface area contributed by atoms with Gasteiger partial charge in [-0.3, -0.25) is 0 Å². The minimum Gasteiger partial charge on any atom is -0.496 e. The number of nitrogens with one attached hydrogen (secondary N) is 1. The minimum atomic E-state index is 0.678. The molecule has 0 unspecified atom stereocenters. The summed E-state index contributed by atoms with van der Waals surface area (Å²) in [5.74, 6) is 2.85. The molecule has 5 heteroatoms. The zero-order chi connectivity index (χ0) is 21.9. The lowest BCUT2D eigenvalue weighted by atomic mass is 10.0. The topological polar surface area (TPSA) is 60.3 Å². The number of para-hydroxylation sites is 3. The van der Waals surface area contributed by atoms with Gasteiger partial charge in [-0.2, -0.15) is 0 Å². The van der Waals surface area contributed by atoms with Gasteiger partial charge in [0.25, 0.3) is 0 Å². The Morgan fingerprint density at radius 3 is 2.22 bits per heavy atom. The molecular weight excluding hydrogens is 400 g/mol. The predicted molar refractivity (Wildman–Crippen MR) is 126 cm³/mol. The van der Waals surface area contributed by atoms with E-state index in [0.29, 0.717) is 18.1 Å². The highest BCUT2D eigenvalue weighted by Crippen LogP contribution is 2.40. The molecule has 0 saturated heterocycles. The van der Waals surface area contributed by atoms with Crippen LogP contribution >= 0.6 is 0 Å². The molecule has 5 aromatic rings. The van der Waals surface area contributed by atoms with Gasteiger partial charge in [0.1, 0.15) is 17.2 Å². The van der Waals surface area contributed by atoms with E-state index in [1.54, 1.807) is 14.2 Å². The van der Waals surface area contributed by atoms with E-state index in [1.165, 1.54) is 10.9 Å². The quantitative estimate of drug-likeness (QED) is 0.333. The van der Waals surface area contributed by atoms with Gasteiger partial charge in [-0.15, -0.1) is 0 Å². The fourth-order valence-electron chi connectivity index (χ4n) is 4.09. The van der Waals surface area contributed by atoms with Gasteiger partial charge in [-0.05, 0) is 42.3 Å². The number of aromatic nitrogens is 2. The van der Waals surface area contributed by atoms with Crippen molar-refractivity contribution in [3.63, 3.8) is 0 Å². The van der Waals surface area contributed by atoms with Crippen LogP contribution in [0.4, 0.5) is 0 Å². The number of rotatable bonds is 7. The van der Waals surface area contributed by atoms with E-state index in [4.69, 9.17) is 18.9 Å². The Hall–Kier alpha value is -3.99. The Bertz CT molecular complexity index is 1300. The van der Waals surface area contributed by atoms with Gasteiger partial charge in [0.2, 0.25) is 0 Å². The summed E-state index contributed by atoms with van der Waals surface area (Å²) in [7, 11) is 3.33. The van der Waals surface area contributed by atoms with Gasteiger partial charge in [-0.1, -0.05) is 42.5 Å². The van der Waals surface area contributed by atoms with Crippen LogP contribution in [0.2, 0.25) is 0 Å². The van der Waals surface area contributed by atoms with Crippen molar-refractivity contribution in [1.29, 1.82) is 0 Å². The maximum atomic E-state index is 6.35. The van der Waals surface area contributed by atoms with Crippen molar-refractivity contribution in [3.05, 3.63) is 90.4 Å². The third-order valence-corrected chi connectivity index (χ3v) is 5.67. The number of nitrogens with zero attached hydrogens (tertiary/aromatic N) is 1. The van der Waals surface area contributed by atoms with E-state index < -0.39 is 0 Å². The van der Waals surface area contributed by atoms with Crippen LogP contribution in [0.1, 0.15) is 11.5 Å². The van der Waals surface area contributed by atoms with E-state index in [2.05, 4.69) is 29.4 Å². The first-order valence-corrected chi connectivity index (χ1v) is 10.6. The molecule has 5 rings (SSSR count). The molecule has 0 aliphatic carbocycles. The van der Waals surface area contributed by atoms with E-state index in [-0.39, 0.29) is 0 Å². The number of hydrogen-bond donors (Lipinski definition) is 1. The number of methoxy groups -OCH3 is 2. The second-order valence-corrected chi connectivity index (χ2v) is 7.55. The molecule has 0 atom stereocenters. The van der Waals surface area contributed by atoms with E-state index >= 15 is 0 Å². The van der Waals surface area contributed by atoms with Gasteiger partial charge in [0.05, 0.1) is 19.8 Å². The van der Waals surface area contributed by atoms with Gasteiger partial charge in [0, 0.05) is 29.1 Å². The van der Waals surface area contributed by atoms with Crippen molar-refractivity contribution in [3.8, 4) is 34.1 Å². The van der Waals surface area contributed by atoms with E-state index in [1.807, 2.05) is 54.6 Å². The largest absolute Gasteiger partial charge is 0.496 e. The number of aromatic amines is 1. The van der Waals surface area contributed by atoms with Crippen LogP contribution in [-0.4, -0.2) is 24.2 Å². The average molecular weight is 425 g/mol. The Balaban J connectivity index is 1.56. The van der Waals surface area contributed by atoms with Crippen molar-refractivity contribution in [1.82, 2.24) is 9.97 Å². The number of fused-ring (bicyclic) bond motifs is 1. The van der Waals surface area contributed by atoms with Gasteiger partial charge >= 0.3 is 0 Å². The molecule has 0 radical (unpaired) electrons. The Morgan fingerprint density at radius 2 is 1.44 bits per heavy atom. The summed E-state index contributed by atoms with van der Waals surface area (Å²) < 4.78 is 17.6. The minimum absolute atomic E-state index is 0.678. The normalized spacial score (nSPS) is 11.1. The third-order valence-electron chi connectivity index (χ3n) is 5.67. The molecule has 32 heavy (non-hydrogen) atoms. The summed E-state index contributed by atoms with van der Waals surface area (Å²) in [6.07, 6.45) is 3.57. The molecule has 5 nitrogen and oxygen atoms in total. The second kappa shape index (κ2) is 8.63. The summed E-state index contributed by atoms with van der Waals surface area (Å²) in [5, 5.41) is 1.23. The van der Waals surface area contributed by atoms with Crippen LogP contribution in [0.15, 0.2) is 83.4 Å². The van der Waals surface area contributed by atoms with Crippen molar-refractivity contribution in [2.45, 2.75) is 12.8 Å². The first-order valence-electron chi connectivity index (χ1n) is 10.6. The third kappa shape index (κ3) is 3.62. The molecule has 2 aromatic heterocycles. The standard InChI is InChI=1S/C27H24N2O3/c1-30-23-13-7-4-10-20(23)26-27(21-11-5-8-14-24(21)31-2)32-25(29-26)16-15-18-17-28-22-12-6-3-9-19(18)22/h3-14,17,28H,15-16H2,1-2H3. The maximum Gasteiger partial charge on any atom is 0.195 e. The van der Waals surface area contributed by atoms with Crippen molar-refractivity contribution in [2.24, 2.45) is 0 Å². The SMILES string of the molecule is COc1ccccc1-c1nc(CCc2c[nH]c3ccccc23)oc1-c1ccccc1OC. The molecule has 2 heterocycles. The van der Waals surface area contributed by atoms with Crippen molar-refractivity contribution >= 4 is 10.9 Å². The molecule has 0 spiro atoms. The molecule has 0 bridgehead atoms. The lowest BCUT2D eigenvalue weighted by molar-refractivity contribution is 0.413. The fourth-order valence-corrected chi connectivity index (χ4v) is 4.09. The van der Waals surface area contributed by atoms with Crippen molar-refractivity contribution in [2.75, 3.05) is 14.2 Å². The van der Waals surface area contributed by atoms with Crippen LogP contribution in [-0.2, 0) is 12.8 Å². The first kappa shape index (κ1) is 19.9. The van der Waals surface area contributed by atoms with Gasteiger partial charge < -0.3 is 18.9 Å². The fraction of sp³-hybridized carbons (Fsp3) is 0.148. The summed E-state index contributed by atoms with van der Waals surface area (Å²) in [5.41, 5.74) is 4.89. The second-order valence-electron chi connectivity index (χ2n) is 7.55. The smallest absolute Gasteiger partial charge is 0.195 e. The average Bonchev–Trinajstić information content (AvgIpc) is 3.47. The number of hydrogen-bond acceptors (Lipinski definition) is 4. The molecule has 3 aromatic carbocycles. The molecule has 0 fully saturated rings. The number of aryl methyl sites for hydroxylation is 2. The molecule has 0 aliphatic rings. The summed E-state index contributed by atoms with van der Waals surface area (Å²) >= 11 is 0. The van der Waals surface area contributed by atoms with Crippen LogP contribution in [0, 0.1) is 0 Å². The number of benzene rings is 3. The molecule has 160 valence electrons. The number of H-pyrrole nitrogens is 1. The maximum absolute atomic E-state index is 6.35. The molecule has 1 N–H and O–H groups in total. The summed E-state index contributed by atoms with van der Waals surface area (Å²) in [4.78, 5) is 8.25. The van der Waals surface area contributed by atoms with Crippen LogP contribution in [0.25, 0.3) is 33.5 Å². The Labute approximate surface area is 186 Å². The molecule has 0 saturated carbocycles. The highest BCUT2D eigenvalue weighted by atomic mass is 16.5. The zero-order valence-corrected chi connectivity index (χ0v) is 18.1. The van der Waals surface area contributed by atoms with Crippen molar-refractivity contribution < 1.29 is 13.9 Å². The van der Waals surface area contributed by atoms with E-state index in [0.717, 1.165) is 40.3 Å². The Kier molecular flexibility index (Phi) is 5.38. The van der Waals surface area contributed by atoms with Gasteiger partial charge in [0.15, 0.2) is 11.7 Å². The highest BCUT2D eigenvalue weighted by Gasteiger charge is 2.22. The zero-order valence-electron chi connectivity index (χ0n) is 18.1. The lowest BCUT2D eigenvalue weighted by Crippen LogP contribution is -1.92. The van der Waals surface area contributed by atoms with Crippen LogP contribution in [0.3, 0.4) is 0 Å². The molecule has 0 amide bonds. The van der Waals surface area contributed by atoms with E-state index in [9.17, 15) is 0 Å². The Morgan fingerprint density at radius 1 is 0.781 bits per heavy atom. The number of ether oxygens (including phenoxy) is 2. The van der Waals surface area contributed by atoms with Gasteiger partial charge in [-0.25, -0.2) is 4.98 Å². The van der Waals surface area contributed by atoms with Crippen LogP contribution < -0.4 is 9.47 Å².